The van der Waals surface area contributed by atoms with Gasteiger partial charge >= 0.3 is 0 Å². The van der Waals surface area contributed by atoms with E-state index >= 15 is 0 Å². The average Bonchev–Trinajstić information content (AvgIpc) is 2.39. The Morgan fingerprint density at radius 2 is 1.82 bits per heavy atom. The molecule has 0 unspecified atom stereocenters. The summed E-state index contributed by atoms with van der Waals surface area (Å²) < 4.78 is 0. The highest BCUT2D eigenvalue weighted by Crippen LogP contribution is 2.07. The number of hydrogen-bond donors (Lipinski definition) is 1. The number of nitrogens with zero attached hydrogens (tertiary/aromatic N) is 2. The summed E-state index contributed by atoms with van der Waals surface area (Å²) >= 11 is 0. The molecule has 1 saturated heterocycles. The summed E-state index contributed by atoms with van der Waals surface area (Å²) in [7, 11) is 0. The molecule has 0 bridgehead atoms. The van der Waals surface area contributed by atoms with Gasteiger partial charge < -0.3 is 10.2 Å². The smallest absolute Gasteiger partial charge is 0.253 e. The number of rotatable bonds is 1. The third kappa shape index (κ3) is 3.19. The molecule has 90 valence electrons. The molecule has 1 aromatic carbocycles. The molecule has 1 aliphatic heterocycles. The number of carbonyl (C=O) groups is 1. The van der Waals surface area contributed by atoms with E-state index in [4.69, 9.17) is 5.26 Å². The van der Waals surface area contributed by atoms with Gasteiger partial charge in [0.15, 0.2) is 0 Å². The first-order valence-electron chi connectivity index (χ1n) is 5.31. The molecule has 1 aromatic rings. The number of nitriles is 1. The zero-order valence-electron chi connectivity index (χ0n) is 9.35. The molecule has 4 nitrogen and oxygen atoms in total. The van der Waals surface area contributed by atoms with E-state index in [1.807, 2.05) is 11.0 Å². The summed E-state index contributed by atoms with van der Waals surface area (Å²) in [6, 6.07) is 8.81. The lowest BCUT2D eigenvalue weighted by Crippen LogP contribution is -2.46. The molecule has 1 N–H and O–H groups in total. The van der Waals surface area contributed by atoms with Crippen molar-refractivity contribution in [2.45, 2.75) is 0 Å². The minimum absolute atomic E-state index is 0. The molecule has 17 heavy (non-hydrogen) atoms. The highest BCUT2D eigenvalue weighted by molar-refractivity contribution is 5.94. The van der Waals surface area contributed by atoms with Gasteiger partial charge in [-0.3, -0.25) is 4.79 Å². The van der Waals surface area contributed by atoms with E-state index in [9.17, 15) is 4.79 Å². The van der Waals surface area contributed by atoms with Crippen LogP contribution in [0.4, 0.5) is 0 Å². The molecule has 5 heteroatoms. The standard InChI is InChI=1S/C12H13N3O.ClH/c13-9-10-1-3-11(4-2-10)12(16)15-7-5-14-6-8-15;/h1-4,14H,5-8H2;1H. The fourth-order valence-corrected chi connectivity index (χ4v) is 1.74. The Kier molecular flexibility index (Phi) is 4.95. The van der Waals surface area contributed by atoms with Gasteiger partial charge in [-0.15, -0.1) is 12.4 Å². The lowest BCUT2D eigenvalue weighted by Gasteiger charge is -2.27. The predicted molar refractivity (Wildman–Crippen MR) is 67.2 cm³/mol. The molecule has 1 fully saturated rings. The van der Waals surface area contributed by atoms with Crippen molar-refractivity contribution < 1.29 is 4.79 Å². The summed E-state index contributed by atoms with van der Waals surface area (Å²) in [5, 5.41) is 11.9. The van der Waals surface area contributed by atoms with Crippen LogP contribution >= 0.6 is 12.4 Å². The minimum Gasteiger partial charge on any atom is -0.336 e. The van der Waals surface area contributed by atoms with Gasteiger partial charge in [-0.05, 0) is 24.3 Å². The summed E-state index contributed by atoms with van der Waals surface area (Å²) in [5.74, 6) is 0.0472. The summed E-state index contributed by atoms with van der Waals surface area (Å²) in [6.45, 7) is 3.20. The number of halogens is 1. The maximum absolute atomic E-state index is 12.0. The fraction of sp³-hybridized carbons (Fsp3) is 0.333. The van der Waals surface area contributed by atoms with E-state index in [0.717, 1.165) is 26.2 Å². The average molecular weight is 252 g/mol. The third-order valence-electron chi connectivity index (χ3n) is 2.67. The van der Waals surface area contributed by atoms with Gasteiger partial charge in [0.05, 0.1) is 11.6 Å². The fourth-order valence-electron chi connectivity index (χ4n) is 1.74. The van der Waals surface area contributed by atoms with Crippen LogP contribution in [-0.2, 0) is 0 Å². The Labute approximate surface area is 107 Å². The first-order valence-corrected chi connectivity index (χ1v) is 5.31. The Hall–Kier alpha value is -1.57. The van der Waals surface area contributed by atoms with Gasteiger partial charge in [0.2, 0.25) is 0 Å². The molecule has 2 rings (SSSR count). The normalized spacial score (nSPS) is 14.6. The van der Waals surface area contributed by atoms with Crippen molar-refractivity contribution in [3.63, 3.8) is 0 Å². The second kappa shape index (κ2) is 6.24. The van der Waals surface area contributed by atoms with Gasteiger partial charge in [-0.2, -0.15) is 5.26 Å². The highest BCUT2D eigenvalue weighted by Gasteiger charge is 2.17. The Morgan fingerprint density at radius 1 is 1.24 bits per heavy atom. The monoisotopic (exact) mass is 251 g/mol. The number of amides is 1. The first-order chi connectivity index (χ1) is 7.81. The number of piperazine rings is 1. The number of hydrogen-bond acceptors (Lipinski definition) is 3. The van der Waals surface area contributed by atoms with Crippen LogP contribution in [0.1, 0.15) is 15.9 Å². The van der Waals surface area contributed by atoms with Crippen LogP contribution in [0.2, 0.25) is 0 Å². The topological polar surface area (TPSA) is 56.1 Å². The van der Waals surface area contributed by atoms with E-state index in [0.29, 0.717) is 11.1 Å². The maximum atomic E-state index is 12.0. The van der Waals surface area contributed by atoms with E-state index in [-0.39, 0.29) is 18.3 Å². The molecule has 0 saturated carbocycles. The van der Waals surface area contributed by atoms with Crippen LogP contribution in [0.25, 0.3) is 0 Å². The lowest BCUT2D eigenvalue weighted by molar-refractivity contribution is 0.0736. The largest absolute Gasteiger partial charge is 0.336 e. The molecule has 1 amide bonds. The molecule has 1 heterocycles. The zero-order valence-corrected chi connectivity index (χ0v) is 10.2. The molecular weight excluding hydrogens is 238 g/mol. The van der Waals surface area contributed by atoms with Crippen LogP contribution in [0.3, 0.4) is 0 Å². The molecule has 0 radical (unpaired) electrons. The van der Waals surface area contributed by atoms with Crippen LogP contribution < -0.4 is 5.32 Å². The summed E-state index contributed by atoms with van der Waals surface area (Å²) in [5.41, 5.74) is 1.23. The zero-order chi connectivity index (χ0) is 11.4. The highest BCUT2D eigenvalue weighted by atomic mass is 35.5. The van der Waals surface area contributed by atoms with Crippen molar-refractivity contribution in [3.8, 4) is 6.07 Å². The van der Waals surface area contributed by atoms with Gasteiger partial charge in [0, 0.05) is 31.7 Å². The lowest BCUT2D eigenvalue weighted by atomic mass is 10.1. The van der Waals surface area contributed by atoms with Gasteiger partial charge in [0.25, 0.3) is 5.91 Å². The van der Waals surface area contributed by atoms with Crippen molar-refractivity contribution in [1.82, 2.24) is 10.2 Å². The molecule has 0 aliphatic carbocycles. The van der Waals surface area contributed by atoms with Crippen LogP contribution in [0.15, 0.2) is 24.3 Å². The van der Waals surface area contributed by atoms with Crippen molar-refractivity contribution in [2.75, 3.05) is 26.2 Å². The predicted octanol–water partition coefficient (Wildman–Crippen LogP) is 1.03. The SMILES string of the molecule is Cl.N#Cc1ccc(C(=O)N2CCNCC2)cc1. The second-order valence-electron chi connectivity index (χ2n) is 3.73. The van der Waals surface area contributed by atoms with Crippen LogP contribution in [-0.4, -0.2) is 37.0 Å². The number of benzene rings is 1. The van der Waals surface area contributed by atoms with Gasteiger partial charge in [-0.25, -0.2) is 0 Å². The summed E-state index contributed by atoms with van der Waals surface area (Å²) in [4.78, 5) is 13.8. The first kappa shape index (κ1) is 13.5. The Morgan fingerprint density at radius 3 is 2.35 bits per heavy atom. The van der Waals surface area contributed by atoms with Gasteiger partial charge in [-0.1, -0.05) is 0 Å². The molecule has 0 spiro atoms. The third-order valence-corrected chi connectivity index (χ3v) is 2.67. The Balaban J connectivity index is 0.00000144. The van der Waals surface area contributed by atoms with Crippen molar-refractivity contribution >= 4 is 18.3 Å². The minimum atomic E-state index is 0. The van der Waals surface area contributed by atoms with E-state index < -0.39 is 0 Å². The van der Waals surface area contributed by atoms with E-state index in [2.05, 4.69) is 5.32 Å². The van der Waals surface area contributed by atoms with Crippen molar-refractivity contribution in [1.29, 1.82) is 5.26 Å². The van der Waals surface area contributed by atoms with Crippen LogP contribution in [0, 0.1) is 11.3 Å². The summed E-state index contributed by atoms with van der Waals surface area (Å²) in [6.07, 6.45) is 0. The van der Waals surface area contributed by atoms with Crippen LogP contribution in [0.5, 0.6) is 0 Å². The Bertz CT molecular complexity index is 418. The molecule has 0 atom stereocenters. The number of nitrogens with one attached hydrogen (secondary N) is 1. The quantitative estimate of drug-likeness (QED) is 0.811. The number of carbonyl (C=O) groups excluding carboxylic acids is 1. The maximum Gasteiger partial charge on any atom is 0.253 e. The van der Waals surface area contributed by atoms with Crippen molar-refractivity contribution in [2.24, 2.45) is 0 Å². The van der Waals surface area contributed by atoms with Crippen molar-refractivity contribution in [3.05, 3.63) is 35.4 Å². The molecule has 0 aromatic heterocycles. The molecular formula is C12H14ClN3O. The van der Waals surface area contributed by atoms with Gasteiger partial charge in [0.1, 0.15) is 0 Å². The van der Waals surface area contributed by atoms with E-state index in [1.54, 1.807) is 24.3 Å². The molecule has 1 aliphatic rings. The van der Waals surface area contributed by atoms with E-state index in [1.165, 1.54) is 0 Å². The second-order valence-corrected chi connectivity index (χ2v) is 3.73.